The van der Waals surface area contributed by atoms with Crippen LogP contribution in [0.1, 0.15) is 19.8 Å². The van der Waals surface area contributed by atoms with Gasteiger partial charge in [0.2, 0.25) is 0 Å². The lowest BCUT2D eigenvalue weighted by molar-refractivity contribution is 0.225. The predicted molar refractivity (Wildman–Crippen MR) is 101 cm³/mol. The zero-order valence-corrected chi connectivity index (χ0v) is 15.3. The third kappa shape index (κ3) is 6.63. The number of hydrogen-bond acceptors (Lipinski definition) is 3. The Morgan fingerprint density at radius 1 is 1.35 bits per heavy atom. The third-order valence-corrected chi connectivity index (χ3v) is 4.18. The molecule has 1 saturated heterocycles. The average Bonchev–Trinajstić information content (AvgIpc) is 2.63. The van der Waals surface area contributed by atoms with E-state index >= 15 is 0 Å². The normalized spacial score (nSPS) is 16.3. The topological polar surface area (TPSA) is 48.9 Å². The summed E-state index contributed by atoms with van der Waals surface area (Å²) in [6, 6.07) is 3.89. The van der Waals surface area contributed by atoms with Gasteiger partial charge in [-0.25, -0.2) is 13.8 Å². The first-order valence-corrected chi connectivity index (χ1v) is 9.08. The van der Waals surface area contributed by atoms with E-state index in [0.717, 1.165) is 57.1 Å². The summed E-state index contributed by atoms with van der Waals surface area (Å²) >= 11 is 0. The molecule has 0 unspecified atom stereocenters. The van der Waals surface area contributed by atoms with Gasteiger partial charge >= 0.3 is 0 Å². The first-order chi connectivity index (χ1) is 12.6. The summed E-state index contributed by atoms with van der Waals surface area (Å²) in [7, 11) is 0. The van der Waals surface area contributed by atoms with Crippen LogP contribution in [0.15, 0.2) is 35.8 Å². The van der Waals surface area contributed by atoms with Crippen molar-refractivity contribution >= 4 is 5.96 Å². The Hall–Kier alpha value is -2.15. The molecule has 1 aliphatic rings. The average molecular weight is 366 g/mol. The molecule has 2 rings (SSSR count). The van der Waals surface area contributed by atoms with Gasteiger partial charge in [-0.2, -0.15) is 0 Å². The molecule has 26 heavy (non-hydrogen) atoms. The highest BCUT2D eigenvalue weighted by molar-refractivity contribution is 5.80. The molecule has 0 amide bonds. The summed E-state index contributed by atoms with van der Waals surface area (Å²) in [6.07, 6.45) is 4.06. The molecule has 0 bridgehead atoms. The lowest BCUT2D eigenvalue weighted by atomic mass is 10.1. The monoisotopic (exact) mass is 366 g/mol. The molecule has 1 aromatic carbocycles. The zero-order chi connectivity index (χ0) is 18.8. The van der Waals surface area contributed by atoms with E-state index in [2.05, 4.69) is 27.1 Å². The van der Waals surface area contributed by atoms with Crippen LogP contribution in [0.4, 0.5) is 8.78 Å². The lowest BCUT2D eigenvalue weighted by Crippen LogP contribution is -2.48. The van der Waals surface area contributed by atoms with Gasteiger partial charge in [0.15, 0.2) is 17.6 Å². The summed E-state index contributed by atoms with van der Waals surface area (Å²) in [5.74, 6) is -0.743. The quantitative estimate of drug-likeness (QED) is 0.321. The van der Waals surface area contributed by atoms with E-state index in [1.165, 1.54) is 6.07 Å². The second-order valence-electron chi connectivity index (χ2n) is 6.19. The molecular formula is C19H28F2N4O. The number of likely N-dealkylation sites (tertiary alicyclic amines) is 1. The van der Waals surface area contributed by atoms with Gasteiger partial charge in [-0.1, -0.05) is 6.08 Å². The number of rotatable bonds is 8. The summed E-state index contributed by atoms with van der Waals surface area (Å²) in [6.45, 7) is 10.3. The van der Waals surface area contributed by atoms with Crippen molar-refractivity contribution in [3.8, 4) is 5.75 Å². The fraction of sp³-hybridized carbons (Fsp3) is 0.526. The molecular weight excluding hydrogens is 338 g/mol. The Morgan fingerprint density at radius 3 is 2.77 bits per heavy atom. The number of piperidine rings is 1. The summed E-state index contributed by atoms with van der Waals surface area (Å²) < 4.78 is 31.4. The Balaban J connectivity index is 1.77. The van der Waals surface area contributed by atoms with Crippen LogP contribution in [0.5, 0.6) is 5.75 Å². The van der Waals surface area contributed by atoms with E-state index in [-0.39, 0.29) is 0 Å². The number of nitrogens with zero attached hydrogens (tertiary/aromatic N) is 2. The molecule has 144 valence electrons. The third-order valence-electron chi connectivity index (χ3n) is 4.18. The molecule has 1 heterocycles. The molecule has 0 aliphatic carbocycles. The van der Waals surface area contributed by atoms with Crippen LogP contribution in [-0.4, -0.2) is 56.2 Å². The molecule has 0 saturated carbocycles. The Bertz CT molecular complexity index is 601. The number of hydrogen-bond donors (Lipinski definition) is 2. The number of benzene rings is 1. The van der Waals surface area contributed by atoms with Crippen molar-refractivity contribution in [1.82, 2.24) is 15.5 Å². The molecule has 1 aliphatic heterocycles. The summed E-state index contributed by atoms with van der Waals surface area (Å²) in [4.78, 5) is 6.87. The number of nitrogens with one attached hydrogen (secondary N) is 2. The number of halogens is 2. The van der Waals surface area contributed by atoms with Crippen LogP contribution in [-0.2, 0) is 0 Å². The van der Waals surface area contributed by atoms with Gasteiger partial charge in [-0.05, 0) is 31.9 Å². The number of ether oxygens (including phenoxy) is 1. The second-order valence-corrected chi connectivity index (χ2v) is 6.19. The number of aliphatic imine (C=N–C) groups is 1. The fourth-order valence-corrected chi connectivity index (χ4v) is 2.84. The highest BCUT2D eigenvalue weighted by Gasteiger charge is 2.18. The second kappa shape index (κ2) is 10.8. The first kappa shape index (κ1) is 20.2. The first-order valence-electron chi connectivity index (χ1n) is 9.08. The molecule has 0 atom stereocenters. The van der Waals surface area contributed by atoms with E-state index in [9.17, 15) is 8.78 Å². The SMILES string of the molecule is C=CCN1CCC(NC(=NCCOc2ccc(F)c(F)c2)NCC)CC1. The van der Waals surface area contributed by atoms with Crippen LogP contribution < -0.4 is 15.4 Å². The van der Waals surface area contributed by atoms with E-state index < -0.39 is 11.6 Å². The summed E-state index contributed by atoms with van der Waals surface area (Å²) in [5.41, 5.74) is 0. The van der Waals surface area contributed by atoms with Crippen molar-refractivity contribution < 1.29 is 13.5 Å². The van der Waals surface area contributed by atoms with Crippen molar-refractivity contribution in [2.45, 2.75) is 25.8 Å². The van der Waals surface area contributed by atoms with E-state index in [1.54, 1.807) is 0 Å². The standard InChI is InChI=1S/C19H28F2N4O/c1-3-10-25-11-7-15(8-12-25)24-19(22-4-2)23-9-13-26-16-5-6-17(20)18(21)14-16/h3,5-6,14-15H,1,4,7-13H2,2H3,(H2,22,23,24). The smallest absolute Gasteiger partial charge is 0.191 e. The molecule has 0 spiro atoms. The largest absolute Gasteiger partial charge is 0.492 e. The minimum atomic E-state index is -0.913. The lowest BCUT2D eigenvalue weighted by Gasteiger charge is -2.32. The molecule has 5 nitrogen and oxygen atoms in total. The minimum Gasteiger partial charge on any atom is -0.492 e. The number of guanidine groups is 1. The Labute approximate surface area is 154 Å². The highest BCUT2D eigenvalue weighted by atomic mass is 19.2. The maximum Gasteiger partial charge on any atom is 0.191 e. The maximum absolute atomic E-state index is 13.1. The van der Waals surface area contributed by atoms with Crippen LogP contribution in [0.25, 0.3) is 0 Å². The van der Waals surface area contributed by atoms with Gasteiger partial charge < -0.3 is 15.4 Å². The molecule has 1 aromatic rings. The molecule has 0 aromatic heterocycles. The van der Waals surface area contributed by atoms with Crippen LogP contribution >= 0.6 is 0 Å². The molecule has 1 fully saturated rings. The van der Waals surface area contributed by atoms with Gasteiger partial charge in [0.1, 0.15) is 12.4 Å². The predicted octanol–water partition coefficient (Wildman–Crippen LogP) is 2.55. The molecule has 2 N–H and O–H groups in total. The maximum atomic E-state index is 13.1. The Morgan fingerprint density at radius 2 is 2.12 bits per heavy atom. The van der Waals surface area contributed by atoms with Gasteiger partial charge in [0.05, 0.1) is 6.54 Å². The van der Waals surface area contributed by atoms with Crippen LogP contribution in [0, 0.1) is 11.6 Å². The van der Waals surface area contributed by atoms with Gasteiger partial charge in [-0.3, -0.25) is 4.90 Å². The highest BCUT2D eigenvalue weighted by Crippen LogP contribution is 2.15. The van der Waals surface area contributed by atoms with Crippen LogP contribution in [0.2, 0.25) is 0 Å². The zero-order valence-electron chi connectivity index (χ0n) is 15.3. The summed E-state index contributed by atoms with van der Waals surface area (Å²) in [5, 5.41) is 6.68. The molecule has 7 heteroatoms. The van der Waals surface area contributed by atoms with Crippen molar-refractivity contribution in [3.63, 3.8) is 0 Å². The van der Waals surface area contributed by atoms with Gasteiger partial charge in [0, 0.05) is 38.3 Å². The van der Waals surface area contributed by atoms with E-state index in [0.29, 0.717) is 24.9 Å². The minimum absolute atomic E-state index is 0.291. The van der Waals surface area contributed by atoms with Crippen molar-refractivity contribution in [2.24, 2.45) is 4.99 Å². The molecule has 0 radical (unpaired) electrons. The van der Waals surface area contributed by atoms with Crippen molar-refractivity contribution in [3.05, 3.63) is 42.5 Å². The van der Waals surface area contributed by atoms with E-state index in [4.69, 9.17) is 4.74 Å². The van der Waals surface area contributed by atoms with Crippen molar-refractivity contribution in [2.75, 3.05) is 39.3 Å². The van der Waals surface area contributed by atoms with Gasteiger partial charge in [-0.15, -0.1) is 6.58 Å². The van der Waals surface area contributed by atoms with Crippen LogP contribution in [0.3, 0.4) is 0 Å². The van der Waals surface area contributed by atoms with Crippen molar-refractivity contribution in [1.29, 1.82) is 0 Å². The Kier molecular flexibility index (Phi) is 8.34. The van der Waals surface area contributed by atoms with E-state index in [1.807, 2.05) is 13.0 Å². The van der Waals surface area contributed by atoms with Gasteiger partial charge in [0.25, 0.3) is 0 Å². The fourth-order valence-electron chi connectivity index (χ4n) is 2.84.